The van der Waals surface area contributed by atoms with Crippen molar-refractivity contribution in [3.8, 4) is 0 Å². The zero-order valence-electron chi connectivity index (χ0n) is 15.1. The zero-order valence-corrected chi connectivity index (χ0v) is 15.9. The Hall–Kier alpha value is -2.27. The third-order valence-electron chi connectivity index (χ3n) is 5.68. The minimum atomic E-state index is 0.197. The number of carbonyl (C=O) groups is 1. The Morgan fingerprint density at radius 2 is 2.15 bits per heavy atom. The maximum Gasteiger partial charge on any atom is 0.220 e. The van der Waals surface area contributed by atoms with Crippen molar-refractivity contribution < 1.29 is 9.21 Å². The van der Waals surface area contributed by atoms with Crippen molar-refractivity contribution in [1.29, 1.82) is 0 Å². The summed E-state index contributed by atoms with van der Waals surface area (Å²) in [6.45, 7) is 0. The summed E-state index contributed by atoms with van der Waals surface area (Å²) in [5.74, 6) is 0.520. The Bertz CT molecular complexity index is 979. The molecule has 3 aromatic rings. The first-order valence-electron chi connectivity index (χ1n) is 9.66. The van der Waals surface area contributed by atoms with Crippen LogP contribution in [0.4, 0.5) is 0 Å². The van der Waals surface area contributed by atoms with Gasteiger partial charge in [-0.05, 0) is 73.4 Å². The lowest BCUT2D eigenvalue weighted by Gasteiger charge is -2.28. The normalized spacial score (nSPS) is 19.0. The molecule has 2 aromatic heterocycles. The van der Waals surface area contributed by atoms with Crippen LogP contribution in [0.3, 0.4) is 0 Å². The molecule has 0 spiro atoms. The first-order valence-corrected chi connectivity index (χ1v) is 10.5. The molecule has 5 rings (SSSR count). The summed E-state index contributed by atoms with van der Waals surface area (Å²) in [5, 5.41) is 5.41. The van der Waals surface area contributed by atoms with Gasteiger partial charge in [0.2, 0.25) is 5.91 Å². The van der Waals surface area contributed by atoms with Crippen LogP contribution in [0.15, 0.2) is 57.1 Å². The van der Waals surface area contributed by atoms with Crippen LogP contribution in [0.25, 0.3) is 11.0 Å². The maximum atomic E-state index is 12.4. The molecule has 27 heavy (non-hydrogen) atoms. The van der Waals surface area contributed by atoms with E-state index in [0.29, 0.717) is 18.4 Å². The number of nitrogens with zero attached hydrogens (tertiary/aromatic N) is 1. The molecule has 2 aliphatic rings. The first-order chi connectivity index (χ1) is 13.3. The monoisotopic (exact) mass is 378 g/mol. The van der Waals surface area contributed by atoms with Gasteiger partial charge < -0.3 is 9.73 Å². The van der Waals surface area contributed by atoms with Crippen molar-refractivity contribution >= 4 is 28.6 Å². The van der Waals surface area contributed by atoms with Crippen molar-refractivity contribution in [2.24, 2.45) is 5.92 Å². The van der Waals surface area contributed by atoms with E-state index in [1.165, 1.54) is 27.8 Å². The van der Waals surface area contributed by atoms with E-state index in [1.54, 1.807) is 11.8 Å². The predicted octanol–water partition coefficient (Wildman–Crippen LogP) is 4.75. The van der Waals surface area contributed by atoms with Crippen LogP contribution in [0.1, 0.15) is 36.8 Å². The van der Waals surface area contributed by atoms with E-state index < -0.39 is 0 Å². The number of pyridine rings is 1. The van der Waals surface area contributed by atoms with Gasteiger partial charge in [0.25, 0.3) is 0 Å². The van der Waals surface area contributed by atoms with Gasteiger partial charge in [-0.15, -0.1) is 0 Å². The van der Waals surface area contributed by atoms with Gasteiger partial charge in [-0.3, -0.25) is 4.79 Å². The summed E-state index contributed by atoms with van der Waals surface area (Å²) in [6.07, 6.45) is 9.61. The van der Waals surface area contributed by atoms with Gasteiger partial charge >= 0.3 is 0 Å². The van der Waals surface area contributed by atoms with Crippen LogP contribution >= 0.6 is 11.8 Å². The third-order valence-corrected chi connectivity index (χ3v) is 6.73. The molecule has 4 nitrogen and oxygen atoms in total. The van der Waals surface area contributed by atoms with Gasteiger partial charge in [0, 0.05) is 28.9 Å². The van der Waals surface area contributed by atoms with Crippen LogP contribution in [0, 0.1) is 5.92 Å². The van der Waals surface area contributed by atoms with Crippen LogP contribution in [0.5, 0.6) is 0 Å². The predicted molar refractivity (Wildman–Crippen MR) is 106 cm³/mol. The number of nitrogens with one attached hydrogen (secondary N) is 1. The minimum Gasteiger partial charge on any atom is -0.464 e. The van der Waals surface area contributed by atoms with Crippen molar-refractivity contribution in [3.63, 3.8) is 0 Å². The van der Waals surface area contributed by atoms with Gasteiger partial charge in [0.15, 0.2) is 0 Å². The molecule has 1 aromatic carbocycles. The van der Waals surface area contributed by atoms with Crippen LogP contribution in [0.2, 0.25) is 0 Å². The molecular weight excluding hydrogens is 356 g/mol. The average Bonchev–Trinajstić information content (AvgIpc) is 3.05. The van der Waals surface area contributed by atoms with E-state index in [2.05, 4.69) is 22.4 Å². The number of rotatable bonds is 5. The number of benzene rings is 1. The Balaban J connectivity index is 1.40. The van der Waals surface area contributed by atoms with Crippen molar-refractivity contribution in [1.82, 2.24) is 10.3 Å². The SMILES string of the molecule is O=C(CC1Cc2coc3ccc(Sc4ccccn4)c(c23)C1)NC1CCC1. The van der Waals surface area contributed by atoms with E-state index in [1.807, 2.05) is 30.7 Å². The minimum absolute atomic E-state index is 0.197. The second kappa shape index (κ2) is 7.04. The molecule has 2 aliphatic carbocycles. The van der Waals surface area contributed by atoms with Crippen LogP contribution in [-0.2, 0) is 17.6 Å². The quantitative estimate of drug-likeness (QED) is 0.696. The second-order valence-electron chi connectivity index (χ2n) is 7.62. The highest BCUT2D eigenvalue weighted by molar-refractivity contribution is 7.99. The highest BCUT2D eigenvalue weighted by Gasteiger charge is 2.28. The smallest absolute Gasteiger partial charge is 0.220 e. The van der Waals surface area contributed by atoms with Gasteiger partial charge in [0.1, 0.15) is 10.6 Å². The van der Waals surface area contributed by atoms with E-state index in [9.17, 15) is 4.79 Å². The number of carbonyl (C=O) groups excluding carboxylic acids is 1. The Kier molecular flexibility index (Phi) is 4.40. The molecule has 0 bridgehead atoms. The molecule has 5 heteroatoms. The lowest BCUT2D eigenvalue weighted by Crippen LogP contribution is -2.40. The number of amides is 1. The molecule has 1 atom stereocenters. The highest BCUT2D eigenvalue weighted by Crippen LogP contribution is 2.41. The number of furan rings is 1. The summed E-state index contributed by atoms with van der Waals surface area (Å²) in [5.41, 5.74) is 3.48. The largest absolute Gasteiger partial charge is 0.464 e. The number of hydrogen-bond donors (Lipinski definition) is 1. The Labute approximate surface area is 162 Å². The standard InChI is InChI=1S/C22H22N2O2S/c25-20(24-16-4-3-5-16)12-14-10-15-13-26-18-7-8-19(17(11-14)22(15)18)27-21-6-1-2-9-23-21/h1-2,6-9,13-14,16H,3-5,10-12H2,(H,24,25). The summed E-state index contributed by atoms with van der Waals surface area (Å²) < 4.78 is 5.78. The fourth-order valence-corrected chi connectivity index (χ4v) is 5.07. The van der Waals surface area contributed by atoms with Gasteiger partial charge in [-0.25, -0.2) is 4.98 Å². The van der Waals surface area contributed by atoms with Crippen LogP contribution < -0.4 is 5.32 Å². The van der Waals surface area contributed by atoms with Gasteiger partial charge in [-0.1, -0.05) is 17.8 Å². The van der Waals surface area contributed by atoms with E-state index in [0.717, 1.165) is 36.3 Å². The van der Waals surface area contributed by atoms with Gasteiger partial charge in [0.05, 0.1) is 6.26 Å². The van der Waals surface area contributed by atoms with E-state index >= 15 is 0 Å². The molecule has 1 amide bonds. The molecule has 1 unspecified atom stereocenters. The highest BCUT2D eigenvalue weighted by atomic mass is 32.2. The molecule has 1 N–H and O–H groups in total. The average molecular weight is 378 g/mol. The molecule has 1 saturated carbocycles. The molecule has 2 heterocycles. The summed E-state index contributed by atoms with van der Waals surface area (Å²) in [4.78, 5) is 18.1. The first kappa shape index (κ1) is 16.9. The summed E-state index contributed by atoms with van der Waals surface area (Å²) in [6, 6.07) is 10.6. The molecule has 0 aliphatic heterocycles. The van der Waals surface area contributed by atoms with E-state index in [-0.39, 0.29) is 5.91 Å². The number of hydrogen-bond acceptors (Lipinski definition) is 4. The Morgan fingerprint density at radius 1 is 1.22 bits per heavy atom. The summed E-state index contributed by atoms with van der Waals surface area (Å²) in [7, 11) is 0. The third kappa shape index (κ3) is 3.36. The lowest BCUT2D eigenvalue weighted by molar-refractivity contribution is -0.123. The maximum absolute atomic E-state index is 12.4. The molecular formula is C22H22N2O2S. The van der Waals surface area contributed by atoms with Gasteiger partial charge in [-0.2, -0.15) is 0 Å². The zero-order chi connectivity index (χ0) is 18.2. The van der Waals surface area contributed by atoms with Crippen molar-refractivity contribution in [2.75, 3.05) is 0 Å². The summed E-state index contributed by atoms with van der Waals surface area (Å²) >= 11 is 1.69. The molecule has 1 fully saturated rings. The number of aromatic nitrogens is 1. The second-order valence-corrected chi connectivity index (χ2v) is 8.68. The van der Waals surface area contributed by atoms with E-state index in [4.69, 9.17) is 4.42 Å². The molecule has 138 valence electrons. The lowest BCUT2D eigenvalue weighted by atomic mass is 9.82. The molecule has 0 radical (unpaired) electrons. The fourth-order valence-electron chi connectivity index (χ4n) is 4.14. The molecule has 0 saturated heterocycles. The Morgan fingerprint density at radius 3 is 2.93 bits per heavy atom. The van der Waals surface area contributed by atoms with Crippen LogP contribution in [-0.4, -0.2) is 16.9 Å². The topological polar surface area (TPSA) is 55.1 Å². The van der Waals surface area contributed by atoms with Crippen molar-refractivity contribution in [3.05, 3.63) is 53.9 Å². The fraction of sp³-hybridized carbons (Fsp3) is 0.364. The van der Waals surface area contributed by atoms with Crippen molar-refractivity contribution in [2.45, 2.75) is 54.5 Å².